The van der Waals surface area contributed by atoms with E-state index in [2.05, 4.69) is 15.7 Å². The summed E-state index contributed by atoms with van der Waals surface area (Å²) in [5.74, 6) is 0. The summed E-state index contributed by atoms with van der Waals surface area (Å²) in [7, 11) is -3.37. The molecule has 2 saturated heterocycles. The highest BCUT2D eigenvalue weighted by molar-refractivity contribution is 7.93. The van der Waals surface area contributed by atoms with Crippen molar-refractivity contribution >= 4 is 10.0 Å². The first kappa shape index (κ1) is 19.4. The monoisotopic (exact) mass is 392 g/mol. The minimum Gasteiger partial charge on any atom is -0.381 e. The standard InChI is InChI=1S/C21H32N2O3S/c24-27(25,22-19-10-14-26-15-11-19)21-6-4-17(5-7-21)16-18-8-12-23(13-9-18)20-2-1-3-20/h4,6,16,19-20,22H,1-3,5,7-15H2. The van der Waals surface area contributed by atoms with Crippen molar-refractivity contribution in [3.63, 3.8) is 0 Å². The molecule has 2 aliphatic carbocycles. The first-order valence-corrected chi connectivity index (χ1v) is 12.0. The topological polar surface area (TPSA) is 58.6 Å². The first-order chi connectivity index (χ1) is 13.1. The van der Waals surface area contributed by atoms with E-state index in [1.165, 1.54) is 43.5 Å². The van der Waals surface area contributed by atoms with Crippen molar-refractivity contribution < 1.29 is 13.2 Å². The van der Waals surface area contributed by atoms with Gasteiger partial charge in [0.1, 0.15) is 0 Å². The molecule has 0 unspecified atom stereocenters. The van der Waals surface area contributed by atoms with Crippen LogP contribution in [0.1, 0.15) is 57.8 Å². The Kier molecular flexibility index (Phi) is 6.17. The normalized spacial score (nSPS) is 26.3. The van der Waals surface area contributed by atoms with Crippen LogP contribution in [-0.2, 0) is 14.8 Å². The van der Waals surface area contributed by atoms with Crippen LogP contribution in [0.15, 0.2) is 34.3 Å². The van der Waals surface area contributed by atoms with E-state index in [1.807, 2.05) is 6.08 Å². The Morgan fingerprint density at radius 1 is 1.00 bits per heavy atom. The van der Waals surface area contributed by atoms with Crippen LogP contribution in [-0.4, -0.2) is 51.7 Å². The number of sulfonamides is 1. The zero-order chi connectivity index (χ0) is 18.7. The van der Waals surface area contributed by atoms with Gasteiger partial charge in [-0.2, -0.15) is 0 Å². The van der Waals surface area contributed by atoms with E-state index in [4.69, 9.17) is 4.74 Å². The molecule has 0 radical (unpaired) electrons. The summed E-state index contributed by atoms with van der Waals surface area (Å²) in [5, 5.41) is 0. The number of piperidine rings is 1. The third-order valence-corrected chi connectivity index (χ3v) is 8.13. The van der Waals surface area contributed by atoms with Crippen molar-refractivity contribution in [1.29, 1.82) is 0 Å². The molecule has 5 nitrogen and oxygen atoms in total. The summed E-state index contributed by atoms with van der Waals surface area (Å²) in [6, 6.07) is 0.859. The van der Waals surface area contributed by atoms with E-state index < -0.39 is 10.0 Å². The van der Waals surface area contributed by atoms with Gasteiger partial charge in [-0.15, -0.1) is 0 Å². The molecule has 0 bridgehead atoms. The SMILES string of the molecule is O=S(=O)(NC1CCOCC1)C1=CC=C(C=C2CCN(C3CCC3)CC2)CC1. The molecule has 0 atom stereocenters. The molecule has 2 aliphatic heterocycles. The van der Waals surface area contributed by atoms with Gasteiger partial charge in [0.05, 0.1) is 4.91 Å². The van der Waals surface area contributed by atoms with Gasteiger partial charge < -0.3 is 4.74 Å². The minimum atomic E-state index is -3.37. The van der Waals surface area contributed by atoms with Crippen molar-refractivity contribution in [1.82, 2.24) is 9.62 Å². The Bertz CT molecular complexity index is 719. The molecule has 27 heavy (non-hydrogen) atoms. The lowest BCUT2D eigenvalue weighted by atomic mass is 9.89. The number of nitrogens with zero attached hydrogens (tertiary/aromatic N) is 1. The van der Waals surface area contributed by atoms with Gasteiger partial charge in [-0.25, -0.2) is 13.1 Å². The molecule has 0 amide bonds. The molecule has 0 spiro atoms. The maximum Gasteiger partial charge on any atom is 0.236 e. The van der Waals surface area contributed by atoms with Crippen LogP contribution >= 0.6 is 0 Å². The molecular weight excluding hydrogens is 360 g/mol. The molecule has 2 heterocycles. The fraction of sp³-hybridized carbons (Fsp3) is 0.714. The Labute approximate surface area is 163 Å². The maximum atomic E-state index is 12.6. The predicted octanol–water partition coefficient (Wildman–Crippen LogP) is 3.26. The molecular formula is C21H32N2O3S. The van der Waals surface area contributed by atoms with Crippen molar-refractivity contribution in [2.75, 3.05) is 26.3 Å². The predicted molar refractivity (Wildman–Crippen MR) is 108 cm³/mol. The van der Waals surface area contributed by atoms with Crippen molar-refractivity contribution in [3.8, 4) is 0 Å². The zero-order valence-corrected chi connectivity index (χ0v) is 17.0. The number of hydrogen-bond acceptors (Lipinski definition) is 4. The molecule has 4 aliphatic rings. The molecule has 6 heteroatoms. The van der Waals surface area contributed by atoms with Gasteiger partial charge in [-0.3, -0.25) is 4.90 Å². The van der Waals surface area contributed by atoms with Crippen molar-refractivity contribution in [2.24, 2.45) is 0 Å². The van der Waals surface area contributed by atoms with E-state index in [9.17, 15) is 8.42 Å². The summed E-state index contributed by atoms with van der Waals surface area (Å²) < 4.78 is 33.4. The molecule has 4 rings (SSSR count). The fourth-order valence-corrected chi connectivity index (χ4v) is 5.87. The highest BCUT2D eigenvalue weighted by atomic mass is 32.2. The van der Waals surface area contributed by atoms with Crippen LogP contribution < -0.4 is 4.72 Å². The zero-order valence-electron chi connectivity index (χ0n) is 16.2. The summed E-state index contributed by atoms with van der Waals surface area (Å²) in [6.07, 6.45) is 15.6. The molecule has 0 aromatic rings. The second-order valence-electron chi connectivity index (χ2n) is 8.31. The molecule has 1 saturated carbocycles. The van der Waals surface area contributed by atoms with Crippen molar-refractivity contribution in [3.05, 3.63) is 34.3 Å². The van der Waals surface area contributed by atoms with Gasteiger partial charge in [0, 0.05) is 38.4 Å². The third kappa shape index (κ3) is 4.91. The van der Waals surface area contributed by atoms with Crippen LogP contribution in [0.5, 0.6) is 0 Å². The lowest BCUT2D eigenvalue weighted by Crippen LogP contribution is -2.43. The highest BCUT2D eigenvalue weighted by Crippen LogP contribution is 2.30. The number of rotatable bonds is 5. The second-order valence-corrected chi connectivity index (χ2v) is 10.1. The molecule has 150 valence electrons. The van der Waals surface area contributed by atoms with E-state index in [0.717, 1.165) is 38.1 Å². The van der Waals surface area contributed by atoms with Gasteiger partial charge >= 0.3 is 0 Å². The van der Waals surface area contributed by atoms with Gasteiger partial charge in [0.25, 0.3) is 0 Å². The van der Waals surface area contributed by atoms with Gasteiger partial charge in [0.15, 0.2) is 0 Å². The molecule has 0 aromatic heterocycles. The van der Waals surface area contributed by atoms with Crippen molar-refractivity contribution in [2.45, 2.75) is 69.9 Å². The number of hydrogen-bond donors (Lipinski definition) is 1. The lowest BCUT2D eigenvalue weighted by molar-refractivity contribution is 0.0832. The molecule has 3 fully saturated rings. The smallest absolute Gasteiger partial charge is 0.236 e. The largest absolute Gasteiger partial charge is 0.381 e. The Morgan fingerprint density at radius 3 is 2.33 bits per heavy atom. The van der Waals surface area contributed by atoms with Gasteiger partial charge in [-0.1, -0.05) is 24.1 Å². The number of allylic oxidation sites excluding steroid dienone is 5. The number of nitrogens with one attached hydrogen (secondary N) is 1. The summed E-state index contributed by atoms with van der Waals surface area (Å²) in [5.41, 5.74) is 2.80. The molecule has 0 aromatic carbocycles. The van der Waals surface area contributed by atoms with Crippen LogP contribution in [0.4, 0.5) is 0 Å². The lowest BCUT2D eigenvalue weighted by Gasteiger charge is -2.40. The summed E-state index contributed by atoms with van der Waals surface area (Å²) in [4.78, 5) is 3.18. The van der Waals surface area contributed by atoms with Gasteiger partial charge in [0.2, 0.25) is 10.0 Å². The van der Waals surface area contributed by atoms with E-state index in [0.29, 0.717) is 24.5 Å². The Balaban J connectivity index is 1.33. The Hall–Kier alpha value is -0.950. The van der Waals surface area contributed by atoms with Crippen LogP contribution in [0.3, 0.4) is 0 Å². The minimum absolute atomic E-state index is 0.0120. The Morgan fingerprint density at radius 2 is 1.74 bits per heavy atom. The van der Waals surface area contributed by atoms with Gasteiger partial charge in [-0.05, 0) is 63.0 Å². The van der Waals surface area contributed by atoms with E-state index in [-0.39, 0.29) is 6.04 Å². The van der Waals surface area contributed by atoms with Crippen LogP contribution in [0, 0.1) is 0 Å². The fourth-order valence-electron chi connectivity index (χ4n) is 4.42. The summed E-state index contributed by atoms with van der Waals surface area (Å²) >= 11 is 0. The average Bonchev–Trinajstić information content (AvgIpc) is 2.63. The maximum absolute atomic E-state index is 12.6. The number of likely N-dealkylation sites (tertiary alicyclic amines) is 1. The third-order valence-electron chi connectivity index (χ3n) is 6.45. The second kappa shape index (κ2) is 8.60. The average molecular weight is 393 g/mol. The van der Waals surface area contributed by atoms with Crippen LogP contribution in [0.25, 0.3) is 0 Å². The summed E-state index contributed by atoms with van der Waals surface area (Å²) in [6.45, 7) is 3.66. The molecule has 1 N–H and O–H groups in total. The number of ether oxygens (including phenoxy) is 1. The van der Waals surface area contributed by atoms with Crippen LogP contribution in [0.2, 0.25) is 0 Å². The highest BCUT2D eigenvalue weighted by Gasteiger charge is 2.27. The quantitative estimate of drug-likeness (QED) is 0.780. The first-order valence-electron chi connectivity index (χ1n) is 10.5. The van der Waals surface area contributed by atoms with E-state index >= 15 is 0 Å². The van der Waals surface area contributed by atoms with E-state index in [1.54, 1.807) is 6.08 Å².